The molecule has 0 aliphatic carbocycles. The largest absolute Gasteiger partial charge is 0.367 e. The third kappa shape index (κ3) is 4.04. The third-order valence-corrected chi connectivity index (χ3v) is 4.65. The Morgan fingerprint density at radius 1 is 1.04 bits per heavy atom. The van der Waals surface area contributed by atoms with Crippen LogP contribution in [0.1, 0.15) is 18.4 Å². The molecule has 2 aromatic carbocycles. The number of benzene rings is 2. The van der Waals surface area contributed by atoms with Crippen LogP contribution in [0.4, 0.5) is 5.69 Å². The lowest BCUT2D eigenvalue weighted by molar-refractivity contribution is 0.189. The molecular formula is C19H20ClN3. The molecule has 1 N–H and O–H groups in total. The van der Waals surface area contributed by atoms with Gasteiger partial charge in [0.1, 0.15) is 5.54 Å². The maximum Gasteiger partial charge on any atom is 0.127 e. The SMILES string of the molecule is N#CC1(Nc2ccc(Cl)cc2)CCN(Cc2ccccc2)CC1. The van der Waals surface area contributed by atoms with Crippen molar-refractivity contribution in [3.8, 4) is 6.07 Å². The predicted molar refractivity (Wildman–Crippen MR) is 94.4 cm³/mol. The summed E-state index contributed by atoms with van der Waals surface area (Å²) >= 11 is 5.92. The minimum absolute atomic E-state index is 0.485. The van der Waals surface area contributed by atoms with E-state index in [1.807, 2.05) is 30.3 Å². The van der Waals surface area contributed by atoms with Gasteiger partial charge in [0.2, 0.25) is 0 Å². The zero-order chi connectivity index (χ0) is 16.1. The van der Waals surface area contributed by atoms with E-state index < -0.39 is 5.54 Å². The lowest BCUT2D eigenvalue weighted by Crippen LogP contribution is -2.48. The van der Waals surface area contributed by atoms with Crippen molar-refractivity contribution in [2.75, 3.05) is 18.4 Å². The Hall–Kier alpha value is -2.02. The molecule has 2 aromatic rings. The molecule has 1 fully saturated rings. The molecule has 1 aliphatic rings. The fraction of sp³-hybridized carbons (Fsp3) is 0.316. The molecule has 0 aromatic heterocycles. The summed E-state index contributed by atoms with van der Waals surface area (Å²) in [6, 6.07) is 20.5. The number of hydrogen-bond donors (Lipinski definition) is 1. The van der Waals surface area contributed by atoms with E-state index in [2.05, 4.69) is 40.6 Å². The number of nitrogens with zero attached hydrogens (tertiary/aromatic N) is 2. The third-order valence-electron chi connectivity index (χ3n) is 4.40. The van der Waals surface area contributed by atoms with Crippen molar-refractivity contribution in [2.45, 2.75) is 24.9 Å². The maximum atomic E-state index is 9.68. The van der Waals surface area contributed by atoms with Crippen LogP contribution in [-0.2, 0) is 6.54 Å². The molecule has 0 radical (unpaired) electrons. The summed E-state index contributed by atoms with van der Waals surface area (Å²) < 4.78 is 0. The zero-order valence-corrected chi connectivity index (χ0v) is 13.8. The van der Waals surface area contributed by atoms with Gasteiger partial charge in [0.05, 0.1) is 6.07 Å². The Labute approximate surface area is 142 Å². The highest BCUT2D eigenvalue weighted by Crippen LogP contribution is 2.28. The van der Waals surface area contributed by atoms with E-state index in [0.717, 1.165) is 38.2 Å². The molecule has 0 spiro atoms. The van der Waals surface area contributed by atoms with Crippen LogP contribution >= 0.6 is 11.6 Å². The average molecular weight is 326 g/mol. The van der Waals surface area contributed by atoms with Crippen molar-refractivity contribution < 1.29 is 0 Å². The molecule has 4 heteroatoms. The number of halogens is 1. The Morgan fingerprint density at radius 3 is 2.30 bits per heavy atom. The summed E-state index contributed by atoms with van der Waals surface area (Å²) in [7, 11) is 0. The van der Waals surface area contributed by atoms with E-state index in [0.29, 0.717) is 5.02 Å². The second kappa shape index (κ2) is 7.04. The van der Waals surface area contributed by atoms with Crippen LogP contribution in [0.25, 0.3) is 0 Å². The van der Waals surface area contributed by atoms with Crippen LogP contribution in [0.2, 0.25) is 5.02 Å². The number of nitriles is 1. The number of hydrogen-bond acceptors (Lipinski definition) is 3. The summed E-state index contributed by atoms with van der Waals surface area (Å²) in [4.78, 5) is 2.41. The number of nitrogens with one attached hydrogen (secondary N) is 1. The van der Waals surface area contributed by atoms with Crippen molar-refractivity contribution in [3.63, 3.8) is 0 Å². The van der Waals surface area contributed by atoms with E-state index in [1.54, 1.807) is 0 Å². The smallest absolute Gasteiger partial charge is 0.127 e. The number of anilines is 1. The summed E-state index contributed by atoms with van der Waals surface area (Å²) in [5, 5.41) is 13.8. The van der Waals surface area contributed by atoms with Crippen molar-refractivity contribution in [1.82, 2.24) is 4.90 Å². The standard InChI is InChI=1S/C19H20ClN3/c20-17-6-8-18(9-7-17)22-19(15-21)10-12-23(13-11-19)14-16-4-2-1-3-5-16/h1-9,22H,10-14H2. The average Bonchev–Trinajstić information content (AvgIpc) is 2.60. The molecule has 3 rings (SSSR count). The van der Waals surface area contributed by atoms with E-state index in [4.69, 9.17) is 11.6 Å². The van der Waals surface area contributed by atoms with Gasteiger partial charge in [-0.3, -0.25) is 4.90 Å². The van der Waals surface area contributed by atoms with Crippen LogP contribution < -0.4 is 5.32 Å². The van der Waals surface area contributed by atoms with Crippen LogP contribution in [-0.4, -0.2) is 23.5 Å². The fourth-order valence-corrected chi connectivity index (χ4v) is 3.13. The first-order valence-electron chi connectivity index (χ1n) is 7.90. The minimum atomic E-state index is -0.485. The highest BCUT2D eigenvalue weighted by atomic mass is 35.5. The van der Waals surface area contributed by atoms with Crippen LogP contribution in [0, 0.1) is 11.3 Å². The van der Waals surface area contributed by atoms with Crippen molar-refractivity contribution in [2.24, 2.45) is 0 Å². The molecule has 0 saturated carbocycles. The first-order valence-corrected chi connectivity index (χ1v) is 8.28. The molecule has 1 heterocycles. The van der Waals surface area contributed by atoms with Gasteiger partial charge in [-0.2, -0.15) is 5.26 Å². The topological polar surface area (TPSA) is 39.1 Å². The normalized spacial score (nSPS) is 17.4. The van der Waals surface area contributed by atoms with Crippen LogP contribution in [0.3, 0.4) is 0 Å². The highest BCUT2D eigenvalue weighted by molar-refractivity contribution is 6.30. The Kier molecular flexibility index (Phi) is 4.85. The van der Waals surface area contributed by atoms with Gasteiger partial charge in [0, 0.05) is 30.3 Å². The molecular weight excluding hydrogens is 306 g/mol. The van der Waals surface area contributed by atoms with Gasteiger partial charge in [0.15, 0.2) is 0 Å². The Bertz CT molecular complexity index is 668. The van der Waals surface area contributed by atoms with Crippen molar-refractivity contribution >= 4 is 17.3 Å². The van der Waals surface area contributed by atoms with Gasteiger partial charge in [0.25, 0.3) is 0 Å². The molecule has 0 unspecified atom stereocenters. The molecule has 1 saturated heterocycles. The monoisotopic (exact) mass is 325 g/mol. The van der Waals surface area contributed by atoms with Crippen molar-refractivity contribution in [1.29, 1.82) is 5.26 Å². The first-order chi connectivity index (χ1) is 11.2. The maximum absolute atomic E-state index is 9.68. The number of rotatable bonds is 4. The summed E-state index contributed by atoms with van der Waals surface area (Å²) in [6.45, 7) is 2.79. The number of piperidine rings is 1. The van der Waals surface area contributed by atoms with Crippen molar-refractivity contribution in [3.05, 3.63) is 65.2 Å². The van der Waals surface area contributed by atoms with E-state index in [1.165, 1.54) is 5.56 Å². The lowest BCUT2D eigenvalue weighted by atomic mass is 9.88. The first kappa shape index (κ1) is 15.9. The molecule has 0 bridgehead atoms. The summed E-state index contributed by atoms with van der Waals surface area (Å²) in [6.07, 6.45) is 1.64. The Morgan fingerprint density at radius 2 is 1.70 bits per heavy atom. The van der Waals surface area contributed by atoms with Crippen LogP contribution in [0.15, 0.2) is 54.6 Å². The summed E-state index contributed by atoms with van der Waals surface area (Å²) in [5.74, 6) is 0. The summed E-state index contributed by atoms with van der Waals surface area (Å²) in [5.41, 5.74) is 1.79. The van der Waals surface area contributed by atoms with E-state index in [-0.39, 0.29) is 0 Å². The lowest BCUT2D eigenvalue weighted by Gasteiger charge is -2.38. The molecule has 0 amide bonds. The van der Waals surface area contributed by atoms with Gasteiger partial charge >= 0.3 is 0 Å². The molecule has 1 aliphatic heterocycles. The Balaban J connectivity index is 1.61. The van der Waals surface area contributed by atoms with Gasteiger partial charge in [-0.15, -0.1) is 0 Å². The zero-order valence-electron chi connectivity index (χ0n) is 13.0. The second-order valence-corrected chi connectivity index (χ2v) is 6.52. The van der Waals surface area contributed by atoms with Gasteiger partial charge in [-0.05, 0) is 42.7 Å². The number of likely N-dealkylation sites (tertiary alicyclic amines) is 1. The molecule has 118 valence electrons. The van der Waals surface area contributed by atoms with Gasteiger partial charge in [-0.1, -0.05) is 41.9 Å². The molecule has 23 heavy (non-hydrogen) atoms. The molecule has 3 nitrogen and oxygen atoms in total. The predicted octanol–water partition coefficient (Wildman–Crippen LogP) is 4.31. The van der Waals surface area contributed by atoms with Crippen LogP contribution in [0.5, 0.6) is 0 Å². The second-order valence-electron chi connectivity index (χ2n) is 6.09. The van der Waals surface area contributed by atoms with Gasteiger partial charge < -0.3 is 5.32 Å². The molecule has 0 atom stereocenters. The quantitative estimate of drug-likeness (QED) is 0.910. The minimum Gasteiger partial charge on any atom is -0.367 e. The highest BCUT2D eigenvalue weighted by Gasteiger charge is 2.34. The van der Waals surface area contributed by atoms with Gasteiger partial charge in [-0.25, -0.2) is 0 Å². The van der Waals surface area contributed by atoms with E-state index in [9.17, 15) is 5.26 Å². The fourth-order valence-electron chi connectivity index (χ4n) is 3.01. The van der Waals surface area contributed by atoms with E-state index >= 15 is 0 Å².